The third-order valence-corrected chi connectivity index (χ3v) is 1.38. The molecule has 0 saturated heterocycles. The van der Waals surface area contributed by atoms with Crippen LogP contribution < -0.4 is 0 Å². The monoisotopic (exact) mass is 243 g/mol. The van der Waals surface area contributed by atoms with Gasteiger partial charge in [0.25, 0.3) is 0 Å². The van der Waals surface area contributed by atoms with E-state index in [4.69, 9.17) is 10.2 Å². The Hall–Kier alpha value is -1.37. The molecule has 79 valence electrons. The first kappa shape index (κ1) is 15.1. The summed E-state index contributed by atoms with van der Waals surface area (Å²) in [7, 11) is 0. The minimum absolute atomic E-state index is 0. The van der Waals surface area contributed by atoms with Gasteiger partial charge in [0.1, 0.15) is 0 Å². The minimum atomic E-state index is -1.06. The van der Waals surface area contributed by atoms with Crippen LogP contribution >= 0.6 is 0 Å². The second kappa shape index (κ2) is 6.14. The van der Waals surface area contributed by atoms with E-state index in [1.54, 1.807) is 0 Å². The maximum atomic E-state index is 10.3. The van der Waals surface area contributed by atoms with Crippen LogP contribution in [0.2, 0.25) is 0 Å². The van der Waals surface area contributed by atoms with Crippen LogP contribution in [-0.4, -0.2) is 27.6 Å². The molecule has 0 bridgehead atoms. The molecule has 6 heteroatoms. The molecule has 0 saturated carbocycles. The maximum absolute atomic E-state index is 10.3. The van der Waals surface area contributed by atoms with Gasteiger partial charge in [0.05, 0.1) is 11.1 Å². The smallest absolute Gasteiger partial charge is 0.335 e. The molecule has 0 amide bonds. The summed E-state index contributed by atoms with van der Waals surface area (Å²) < 4.78 is 0. The zero-order chi connectivity index (χ0) is 9.14. The summed E-state index contributed by atoms with van der Waals surface area (Å²) in [5.41, 5.74) is 0.167. The van der Waals surface area contributed by atoms with Crippen molar-refractivity contribution in [3.05, 3.63) is 35.4 Å². The Morgan fingerprint density at radius 3 is 1.21 bits per heavy atom. The summed E-state index contributed by atoms with van der Waals surface area (Å²) in [5, 5.41) is 16.9. The average Bonchev–Trinajstić information content (AvgIpc) is 2.04. The van der Waals surface area contributed by atoms with Crippen LogP contribution in [0.15, 0.2) is 24.3 Å². The summed E-state index contributed by atoms with van der Waals surface area (Å²) in [6.07, 6.45) is 0. The van der Waals surface area contributed by atoms with Crippen LogP contribution in [0.3, 0.4) is 0 Å². The number of carboxylic acid groups (broad SMARTS) is 2. The number of benzene rings is 1. The molecular weight excluding hydrogens is 235 g/mol. The van der Waals surface area contributed by atoms with Crippen molar-refractivity contribution in [2.24, 2.45) is 0 Å². The largest absolute Gasteiger partial charge is 0.478 e. The van der Waals surface area contributed by atoms with Crippen LogP contribution in [0, 0.1) is 0 Å². The zero-order valence-electron chi connectivity index (χ0n) is 6.85. The predicted molar refractivity (Wildman–Crippen MR) is 44.0 cm³/mol. The Bertz CT molecular complexity index is 286. The summed E-state index contributed by atoms with van der Waals surface area (Å²) in [4.78, 5) is 20.7. The fourth-order valence-corrected chi connectivity index (χ4v) is 0.755. The normalized spacial score (nSPS) is 8.00. The topological polar surface area (TPSA) is 106 Å². The summed E-state index contributed by atoms with van der Waals surface area (Å²) in [6.45, 7) is 0. The van der Waals surface area contributed by atoms with Gasteiger partial charge in [-0.05, 0) is 24.3 Å². The van der Waals surface area contributed by atoms with Gasteiger partial charge < -0.3 is 15.7 Å². The van der Waals surface area contributed by atoms with E-state index in [2.05, 4.69) is 0 Å². The van der Waals surface area contributed by atoms with Crippen LogP contribution in [0.4, 0.5) is 0 Å². The molecule has 14 heavy (non-hydrogen) atoms. The number of carbonyl (C=O) groups is 2. The van der Waals surface area contributed by atoms with E-state index >= 15 is 0 Å². The number of hydrogen-bond acceptors (Lipinski definition) is 2. The van der Waals surface area contributed by atoms with Gasteiger partial charge in [-0.1, -0.05) is 0 Å². The molecule has 0 aromatic heterocycles. The molecule has 1 rings (SSSR count). The van der Waals surface area contributed by atoms with Crippen molar-refractivity contribution in [3.63, 3.8) is 0 Å². The Morgan fingerprint density at radius 1 is 0.857 bits per heavy atom. The summed E-state index contributed by atoms with van der Waals surface area (Å²) in [5.74, 6) is -2.13. The molecule has 0 unspecified atom stereocenters. The standard InChI is InChI=1S/C8H6O4.Co.H2O/c9-7(10)5-1-2-6(4-3-5)8(11)12;;/h1-4H,(H,9,10)(H,11,12);;1H2. The van der Waals surface area contributed by atoms with Crippen molar-refractivity contribution in [2.45, 2.75) is 0 Å². The Morgan fingerprint density at radius 2 is 1.07 bits per heavy atom. The van der Waals surface area contributed by atoms with E-state index in [1.807, 2.05) is 0 Å². The first-order chi connectivity index (χ1) is 5.61. The SMILES string of the molecule is O.O=C(O)c1ccc(C(=O)O)cc1.[Co]. The van der Waals surface area contributed by atoms with Crippen LogP contribution in [0.25, 0.3) is 0 Å². The quantitative estimate of drug-likeness (QED) is 0.776. The third-order valence-electron chi connectivity index (χ3n) is 1.38. The molecular formula is C8H8CoO5. The molecule has 5 nitrogen and oxygen atoms in total. The Labute approximate surface area is 89.9 Å². The molecule has 0 aliphatic rings. The molecule has 0 atom stereocenters. The molecule has 0 aliphatic carbocycles. The second-order valence-corrected chi connectivity index (χ2v) is 2.19. The van der Waals surface area contributed by atoms with E-state index in [-0.39, 0.29) is 33.4 Å². The third kappa shape index (κ3) is 3.56. The molecule has 1 aromatic carbocycles. The van der Waals surface area contributed by atoms with Gasteiger partial charge in [-0.25, -0.2) is 9.59 Å². The van der Waals surface area contributed by atoms with Crippen LogP contribution in [0.1, 0.15) is 20.7 Å². The molecule has 0 heterocycles. The number of hydrogen-bond donors (Lipinski definition) is 2. The summed E-state index contributed by atoms with van der Waals surface area (Å²) in [6, 6.07) is 5.02. The zero-order valence-corrected chi connectivity index (χ0v) is 7.89. The minimum Gasteiger partial charge on any atom is -0.478 e. The van der Waals surface area contributed by atoms with Gasteiger partial charge in [-0.2, -0.15) is 0 Å². The molecule has 1 radical (unpaired) electrons. The Kier molecular flexibility index (Phi) is 6.63. The van der Waals surface area contributed by atoms with Gasteiger partial charge >= 0.3 is 11.9 Å². The van der Waals surface area contributed by atoms with Gasteiger partial charge in [-0.3, -0.25) is 0 Å². The van der Waals surface area contributed by atoms with E-state index in [0.717, 1.165) is 0 Å². The average molecular weight is 243 g/mol. The van der Waals surface area contributed by atoms with Crippen molar-refractivity contribution in [1.29, 1.82) is 0 Å². The molecule has 0 aliphatic heterocycles. The maximum Gasteiger partial charge on any atom is 0.335 e. The van der Waals surface area contributed by atoms with Crippen molar-refractivity contribution < 1.29 is 42.1 Å². The molecule has 0 fully saturated rings. The summed E-state index contributed by atoms with van der Waals surface area (Å²) >= 11 is 0. The first-order valence-electron chi connectivity index (χ1n) is 3.18. The van der Waals surface area contributed by atoms with Crippen molar-refractivity contribution in [1.82, 2.24) is 0 Å². The van der Waals surface area contributed by atoms with Gasteiger partial charge in [-0.15, -0.1) is 0 Å². The number of carboxylic acids is 2. The fourth-order valence-electron chi connectivity index (χ4n) is 0.755. The number of rotatable bonds is 2. The van der Waals surface area contributed by atoms with Crippen molar-refractivity contribution in [3.8, 4) is 0 Å². The molecule has 0 spiro atoms. The van der Waals surface area contributed by atoms with Gasteiger partial charge in [0.2, 0.25) is 0 Å². The molecule has 1 aromatic rings. The van der Waals surface area contributed by atoms with E-state index in [0.29, 0.717) is 0 Å². The van der Waals surface area contributed by atoms with E-state index < -0.39 is 11.9 Å². The van der Waals surface area contributed by atoms with E-state index in [9.17, 15) is 9.59 Å². The van der Waals surface area contributed by atoms with Crippen LogP contribution in [-0.2, 0) is 16.8 Å². The van der Waals surface area contributed by atoms with Crippen LogP contribution in [0.5, 0.6) is 0 Å². The van der Waals surface area contributed by atoms with Crippen molar-refractivity contribution in [2.75, 3.05) is 0 Å². The van der Waals surface area contributed by atoms with Crippen molar-refractivity contribution >= 4 is 11.9 Å². The molecule has 4 N–H and O–H groups in total. The fraction of sp³-hybridized carbons (Fsp3) is 0. The first-order valence-corrected chi connectivity index (χ1v) is 3.18. The van der Waals surface area contributed by atoms with Gasteiger partial charge in [0, 0.05) is 16.8 Å². The predicted octanol–water partition coefficient (Wildman–Crippen LogP) is 0.256. The number of aromatic carboxylic acids is 2. The Balaban J connectivity index is 0. The van der Waals surface area contributed by atoms with Gasteiger partial charge in [0.15, 0.2) is 0 Å². The van der Waals surface area contributed by atoms with E-state index in [1.165, 1.54) is 24.3 Å². The second-order valence-electron chi connectivity index (χ2n) is 2.19.